The van der Waals surface area contributed by atoms with E-state index in [-0.39, 0.29) is 17.9 Å². The lowest BCUT2D eigenvalue weighted by Crippen LogP contribution is -2.34. The normalized spacial score (nSPS) is 16.0. The first kappa shape index (κ1) is 20.5. The molecule has 0 saturated heterocycles. The van der Waals surface area contributed by atoms with Gasteiger partial charge in [-0.25, -0.2) is 0 Å². The summed E-state index contributed by atoms with van der Waals surface area (Å²) < 4.78 is 13.1. The van der Waals surface area contributed by atoms with Crippen molar-refractivity contribution >= 4 is 5.91 Å². The van der Waals surface area contributed by atoms with Gasteiger partial charge in [0.25, 0.3) is 0 Å². The number of hydrogen-bond donors (Lipinski definition) is 1. The number of carbonyl (C=O) groups excluding carboxylic acids is 1. The molecule has 1 unspecified atom stereocenters. The van der Waals surface area contributed by atoms with Crippen LogP contribution in [0.15, 0.2) is 16.5 Å². The van der Waals surface area contributed by atoms with Crippen LogP contribution in [-0.2, 0) is 35.6 Å². The minimum atomic E-state index is -0.123. The largest absolute Gasteiger partial charge is 0.462 e. The number of fused-ring (bicyclic) bond motifs is 1. The molecule has 0 aromatic carbocycles. The Morgan fingerprint density at radius 2 is 2.04 bits per heavy atom. The van der Waals surface area contributed by atoms with Gasteiger partial charge in [-0.2, -0.15) is 0 Å². The van der Waals surface area contributed by atoms with Crippen molar-refractivity contribution in [1.82, 2.24) is 25.0 Å². The van der Waals surface area contributed by atoms with Crippen molar-refractivity contribution in [2.45, 2.75) is 59.4 Å². The third kappa shape index (κ3) is 4.80. The van der Waals surface area contributed by atoms with Gasteiger partial charge in [-0.05, 0) is 18.1 Å². The van der Waals surface area contributed by atoms with E-state index in [1.807, 2.05) is 19.1 Å². The van der Waals surface area contributed by atoms with Gasteiger partial charge in [0.15, 0.2) is 5.82 Å². The molecular weight excluding hydrogens is 358 g/mol. The summed E-state index contributed by atoms with van der Waals surface area (Å²) in [6.07, 6.45) is 1.29. The Labute approximate surface area is 166 Å². The van der Waals surface area contributed by atoms with Gasteiger partial charge in [0.1, 0.15) is 24.0 Å². The van der Waals surface area contributed by atoms with Crippen LogP contribution in [0.3, 0.4) is 0 Å². The molecular formula is C20H31N5O3. The van der Waals surface area contributed by atoms with Gasteiger partial charge in [0.05, 0.1) is 12.6 Å². The Morgan fingerprint density at radius 1 is 1.25 bits per heavy atom. The topological polar surface area (TPSA) is 85.4 Å². The monoisotopic (exact) mass is 389 g/mol. The molecule has 0 aliphatic carbocycles. The minimum absolute atomic E-state index is 0.0379. The number of hydrogen-bond acceptors (Lipinski definition) is 6. The Kier molecular flexibility index (Phi) is 6.85. The zero-order valence-corrected chi connectivity index (χ0v) is 17.3. The first-order chi connectivity index (χ1) is 13.5. The predicted octanol–water partition coefficient (Wildman–Crippen LogP) is 2.30. The van der Waals surface area contributed by atoms with Crippen molar-refractivity contribution in [3.8, 4) is 0 Å². The zero-order valence-electron chi connectivity index (χ0n) is 17.3. The molecule has 1 N–H and O–H groups in total. The first-order valence-electron chi connectivity index (χ1n) is 10.0. The van der Waals surface area contributed by atoms with Crippen molar-refractivity contribution in [3.63, 3.8) is 0 Å². The van der Waals surface area contributed by atoms with E-state index < -0.39 is 0 Å². The molecule has 3 heterocycles. The highest BCUT2D eigenvalue weighted by Gasteiger charge is 2.27. The number of nitrogens with zero attached hydrogens (tertiary/aromatic N) is 4. The summed E-state index contributed by atoms with van der Waals surface area (Å²) in [6.45, 7) is 9.88. The molecule has 1 amide bonds. The molecule has 2 aromatic heterocycles. The summed E-state index contributed by atoms with van der Waals surface area (Å²) in [6, 6.07) is 3.86. The van der Waals surface area contributed by atoms with Crippen LogP contribution in [0.25, 0.3) is 0 Å². The molecule has 0 fully saturated rings. The lowest BCUT2D eigenvalue weighted by molar-refractivity contribution is -0.121. The summed E-state index contributed by atoms with van der Waals surface area (Å²) in [7, 11) is 1.66. The fourth-order valence-electron chi connectivity index (χ4n) is 3.53. The molecule has 0 spiro atoms. The average molecular weight is 390 g/mol. The Morgan fingerprint density at radius 3 is 2.75 bits per heavy atom. The third-order valence-corrected chi connectivity index (χ3v) is 5.11. The van der Waals surface area contributed by atoms with Crippen LogP contribution >= 0.6 is 0 Å². The SMILES string of the molecule is CCC(=O)NC(c1nnc2n1CCN(Cc1ccc(COC)o1)CC2)C(C)C. The van der Waals surface area contributed by atoms with Gasteiger partial charge in [-0.3, -0.25) is 9.69 Å². The predicted molar refractivity (Wildman–Crippen MR) is 104 cm³/mol. The quantitative estimate of drug-likeness (QED) is 0.746. The standard InChI is InChI=1S/C20H31N5O3/c1-5-18(26)21-19(14(2)3)20-23-22-17-8-9-24(10-11-25(17)20)12-15-6-7-16(28-15)13-27-4/h6-7,14,19H,5,8-13H2,1-4H3,(H,21,26). The number of rotatable bonds is 8. The van der Waals surface area contributed by atoms with Crippen LogP contribution in [0.4, 0.5) is 0 Å². The molecule has 1 aliphatic heterocycles. The maximum absolute atomic E-state index is 12.0. The second-order valence-corrected chi connectivity index (χ2v) is 7.60. The zero-order chi connectivity index (χ0) is 20.1. The van der Waals surface area contributed by atoms with E-state index in [2.05, 4.69) is 38.8 Å². The van der Waals surface area contributed by atoms with E-state index in [1.54, 1.807) is 7.11 Å². The summed E-state index contributed by atoms with van der Waals surface area (Å²) in [5.41, 5.74) is 0. The number of methoxy groups -OCH3 is 1. The fraction of sp³-hybridized carbons (Fsp3) is 0.650. The van der Waals surface area contributed by atoms with E-state index in [0.29, 0.717) is 13.0 Å². The number of carbonyl (C=O) groups is 1. The molecule has 2 aromatic rings. The number of ether oxygens (including phenoxy) is 1. The van der Waals surface area contributed by atoms with Crippen LogP contribution in [0.5, 0.6) is 0 Å². The molecule has 0 saturated carbocycles. The van der Waals surface area contributed by atoms with Gasteiger partial charge in [-0.1, -0.05) is 20.8 Å². The second-order valence-electron chi connectivity index (χ2n) is 7.60. The highest BCUT2D eigenvalue weighted by molar-refractivity contribution is 5.75. The first-order valence-corrected chi connectivity index (χ1v) is 10.0. The Balaban J connectivity index is 1.68. The van der Waals surface area contributed by atoms with Crippen LogP contribution in [0, 0.1) is 5.92 Å². The molecule has 154 valence electrons. The van der Waals surface area contributed by atoms with Crippen molar-refractivity contribution in [2.75, 3.05) is 20.2 Å². The molecule has 1 aliphatic rings. The minimum Gasteiger partial charge on any atom is -0.462 e. The van der Waals surface area contributed by atoms with E-state index in [4.69, 9.17) is 9.15 Å². The summed E-state index contributed by atoms with van der Waals surface area (Å²) in [5, 5.41) is 11.9. The number of aromatic nitrogens is 3. The molecule has 3 rings (SSSR count). The van der Waals surface area contributed by atoms with Crippen molar-refractivity contribution in [2.24, 2.45) is 5.92 Å². The molecule has 0 radical (unpaired) electrons. The highest BCUT2D eigenvalue weighted by Crippen LogP contribution is 2.23. The van der Waals surface area contributed by atoms with Crippen molar-refractivity contribution in [3.05, 3.63) is 35.3 Å². The summed E-state index contributed by atoms with van der Waals surface area (Å²) in [4.78, 5) is 14.3. The number of amides is 1. The average Bonchev–Trinajstić information content (AvgIpc) is 3.23. The molecule has 28 heavy (non-hydrogen) atoms. The van der Waals surface area contributed by atoms with Crippen molar-refractivity contribution in [1.29, 1.82) is 0 Å². The molecule has 8 nitrogen and oxygen atoms in total. The van der Waals surface area contributed by atoms with Crippen LogP contribution < -0.4 is 5.32 Å². The fourth-order valence-corrected chi connectivity index (χ4v) is 3.53. The van der Waals surface area contributed by atoms with E-state index in [9.17, 15) is 4.79 Å². The number of nitrogens with one attached hydrogen (secondary N) is 1. The number of furan rings is 1. The van der Waals surface area contributed by atoms with E-state index in [1.165, 1.54) is 0 Å². The van der Waals surface area contributed by atoms with Crippen LogP contribution in [-0.4, -0.2) is 45.8 Å². The second kappa shape index (κ2) is 9.34. The Bertz CT molecular complexity index is 783. The lowest BCUT2D eigenvalue weighted by atomic mass is 10.0. The van der Waals surface area contributed by atoms with Crippen LogP contribution in [0.1, 0.15) is 56.4 Å². The smallest absolute Gasteiger partial charge is 0.220 e. The molecule has 0 bridgehead atoms. The summed E-state index contributed by atoms with van der Waals surface area (Å²) in [5.74, 6) is 3.90. The maximum Gasteiger partial charge on any atom is 0.220 e. The van der Waals surface area contributed by atoms with Gasteiger partial charge in [-0.15, -0.1) is 10.2 Å². The van der Waals surface area contributed by atoms with Crippen molar-refractivity contribution < 1.29 is 13.9 Å². The lowest BCUT2D eigenvalue weighted by Gasteiger charge is -2.23. The third-order valence-electron chi connectivity index (χ3n) is 5.11. The van der Waals surface area contributed by atoms with Gasteiger partial charge in [0, 0.05) is 39.6 Å². The summed E-state index contributed by atoms with van der Waals surface area (Å²) >= 11 is 0. The van der Waals surface area contributed by atoms with Crippen LogP contribution in [0.2, 0.25) is 0 Å². The highest BCUT2D eigenvalue weighted by atomic mass is 16.5. The van der Waals surface area contributed by atoms with E-state index in [0.717, 1.165) is 55.8 Å². The van der Waals surface area contributed by atoms with Gasteiger partial charge >= 0.3 is 0 Å². The van der Waals surface area contributed by atoms with E-state index >= 15 is 0 Å². The molecule has 1 atom stereocenters. The maximum atomic E-state index is 12.0. The Hall–Kier alpha value is -2.19. The van der Waals surface area contributed by atoms with Gasteiger partial charge in [0.2, 0.25) is 5.91 Å². The molecule has 8 heteroatoms. The van der Waals surface area contributed by atoms with Gasteiger partial charge < -0.3 is 19.0 Å².